The van der Waals surface area contributed by atoms with E-state index in [1.165, 1.54) is 6.04 Å². The zero-order valence-corrected chi connectivity index (χ0v) is 12.4. The fourth-order valence-electron chi connectivity index (χ4n) is 3.37. The molecule has 0 saturated carbocycles. The Morgan fingerprint density at radius 1 is 0.773 bits per heavy atom. The third-order valence-corrected chi connectivity index (χ3v) is 4.35. The summed E-state index contributed by atoms with van der Waals surface area (Å²) in [7, 11) is 0. The minimum absolute atomic E-state index is 0.210. The van der Waals surface area contributed by atoms with Gasteiger partial charge in [0, 0.05) is 31.3 Å². The first kappa shape index (κ1) is 13.6. The third-order valence-electron chi connectivity index (χ3n) is 4.35. The van der Waals surface area contributed by atoms with Crippen molar-refractivity contribution < 1.29 is 9.47 Å². The molecule has 4 rings (SSSR count). The smallest absolute Gasteiger partial charge is 0.119 e. The molecular formula is C19H20NO2. The summed E-state index contributed by atoms with van der Waals surface area (Å²) >= 11 is 0. The number of benzene rings is 2. The van der Waals surface area contributed by atoms with Gasteiger partial charge in [0.05, 0.1) is 0 Å². The molecule has 0 amide bonds. The van der Waals surface area contributed by atoms with Gasteiger partial charge in [-0.1, -0.05) is 36.4 Å². The van der Waals surface area contributed by atoms with Crippen molar-refractivity contribution >= 4 is 0 Å². The molecule has 3 nitrogen and oxygen atoms in total. The minimum atomic E-state index is 0.210. The predicted molar refractivity (Wildman–Crippen MR) is 85.7 cm³/mol. The van der Waals surface area contributed by atoms with Crippen molar-refractivity contribution in [1.82, 2.24) is 5.32 Å². The maximum absolute atomic E-state index is 6.15. The molecule has 0 aromatic heterocycles. The van der Waals surface area contributed by atoms with Crippen LogP contribution in [-0.4, -0.2) is 18.2 Å². The number of rotatable bonds is 4. The van der Waals surface area contributed by atoms with E-state index >= 15 is 0 Å². The number of para-hydroxylation sites is 2. The van der Waals surface area contributed by atoms with Crippen LogP contribution in [0.5, 0.6) is 11.5 Å². The quantitative estimate of drug-likeness (QED) is 0.935. The summed E-state index contributed by atoms with van der Waals surface area (Å²) in [5.74, 6) is 1.90. The third kappa shape index (κ3) is 2.95. The molecule has 2 heterocycles. The van der Waals surface area contributed by atoms with Gasteiger partial charge in [0.15, 0.2) is 0 Å². The normalized spacial score (nSPS) is 27.5. The molecule has 3 unspecified atom stereocenters. The van der Waals surface area contributed by atoms with Crippen LogP contribution in [0.3, 0.4) is 0 Å². The number of fused-ring (bicyclic) bond motifs is 2. The van der Waals surface area contributed by atoms with Gasteiger partial charge in [0.2, 0.25) is 0 Å². The molecular weight excluding hydrogens is 274 g/mol. The zero-order chi connectivity index (χ0) is 14.8. The molecule has 3 atom stereocenters. The molecule has 2 bridgehead atoms. The summed E-state index contributed by atoms with van der Waals surface area (Å²) < 4.78 is 12.3. The molecule has 0 aliphatic carbocycles. The average molecular weight is 294 g/mol. The van der Waals surface area contributed by atoms with Gasteiger partial charge in [0.25, 0.3) is 0 Å². The molecule has 1 N–H and O–H groups in total. The van der Waals surface area contributed by atoms with Crippen LogP contribution in [0.2, 0.25) is 0 Å². The number of ether oxygens (including phenoxy) is 2. The van der Waals surface area contributed by atoms with E-state index in [-0.39, 0.29) is 12.2 Å². The summed E-state index contributed by atoms with van der Waals surface area (Å²) in [6, 6.07) is 21.9. The first-order chi connectivity index (χ1) is 10.9. The lowest BCUT2D eigenvalue weighted by atomic mass is 10.0. The Morgan fingerprint density at radius 3 is 2.09 bits per heavy atom. The van der Waals surface area contributed by atoms with Crippen molar-refractivity contribution in [2.45, 2.75) is 37.5 Å². The highest BCUT2D eigenvalue weighted by molar-refractivity contribution is 5.24. The fraction of sp³-hybridized carbons (Fsp3) is 0.316. The standard InChI is InChI=1S/C19H20NO2/c1-3-7-15(8-4-1)21-17-11-14-12-19(18(13-17)20-14)22-16-9-5-2-6-10-16/h1-10,17-20H,11-13H2. The second-order valence-corrected chi connectivity index (χ2v) is 6.02. The molecule has 1 radical (unpaired) electrons. The van der Waals surface area contributed by atoms with Crippen molar-refractivity contribution in [1.29, 1.82) is 0 Å². The van der Waals surface area contributed by atoms with Gasteiger partial charge < -0.3 is 14.8 Å². The molecule has 2 aromatic rings. The van der Waals surface area contributed by atoms with E-state index in [4.69, 9.17) is 9.47 Å². The van der Waals surface area contributed by atoms with Crippen molar-refractivity contribution in [2.24, 2.45) is 0 Å². The molecule has 3 heteroatoms. The highest BCUT2D eigenvalue weighted by Crippen LogP contribution is 2.36. The summed E-state index contributed by atoms with van der Waals surface area (Å²) in [5, 5.41) is 3.59. The molecule has 2 aliphatic heterocycles. The maximum atomic E-state index is 6.15. The van der Waals surface area contributed by atoms with Gasteiger partial charge >= 0.3 is 0 Å². The van der Waals surface area contributed by atoms with Gasteiger partial charge in [-0.2, -0.15) is 0 Å². The van der Waals surface area contributed by atoms with Gasteiger partial charge in [0.1, 0.15) is 23.7 Å². The monoisotopic (exact) mass is 294 g/mol. The van der Waals surface area contributed by atoms with E-state index < -0.39 is 0 Å². The maximum Gasteiger partial charge on any atom is 0.119 e. The summed E-state index contributed by atoms with van der Waals surface area (Å²) in [5.41, 5.74) is 0. The Balaban J connectivity index is 1.40. The van der Waals surface area contributed by atoms with E-state index in [2.05, 4.69) is 5.32 Å². The van der Waals surface area contributed by atoms with E-state index in [1.807, 2.05) is 60.7 Å². The second kappa shape index (κ2) is 6.01. The lowest BCUT2D eigenvalue weighted by Crippen LogP contribution is -2.43. The van der Waals surface area contributed by atoms with Crippen LogP contribution in [0, 0.1) is 6.04 Å². The Hall–Kier alpha value is -2.00. The number of hydrogen-bond donors (Lipinski definition) is 1. The van der Waals surface area contributed by atoms with Crippen LogP contribution in [0.15, 0.2) is 60.7 Å². The van der Waals surface area contributed by atoms with E-state index in [0.29, 0.717) is 6.04 Å². The molecule has 0 spiro atoms. The topological polar surface area (TPSA) is 30.5 Å². The fourth-order valence-corrected chi connectivity index (χ4v) is 3.37. The molecule has 22 heavy (non-hydrogen) atoms. The molecule has 113 valence electrons. The highest BCUT2D eigenvalue weighted by Gasteiger charge is 2.43. The van der Waals surface area contributed by atoms with Crippen LogP contribution < -0.4 is 14.8 Å². The Morgan fingerprint density at radius 2 is 1.41 bits per heavy atom. The Kier molecular flexibility index (Phi) is 3.73. The van der Waals surface area contributed by atoms with Gasteiger partial charge in [-0.05, 0) is 24.3 Å². The van der Waals surface area contributed by atoms with Crippen LogP contribution in [0.25, 0.3) is 0 Å². The van der Waals surface area contributed by atoms with E-state index in [0.717, 1.165) is 30.8 Å². The molecule has 2 saturated heterocycles. The predicted octanol–water partition coefficient (Wildman–Crippen LogP) is 3.57. The molecule has 2 aromatic carbocycles. The van der Waals surface area contributed by atoms with Crippen molar-refractivity contribution in [2.75, 3.05) is 0 Å². The first-order valence-corrected chi connectivity index (χ1v) is 7.91. The van der Waals surface area contributed by atoms with Gasteiger partial charge in [-0.25, -0.2) is 0 Å². The number of piperidine rings is 1. The largest absolute Gasteiger partial charge is 0.490 e. The van der Waals surface area contributed by atoms with Crippen LogP contribution in [0.4, 0.5) is 0 Å². The SMILES string of the molecule is c1ccc(OC2C[C]3CC(Oc4ccccc4)C(C2)N3)cc1. The van der Waals surface area contributed by atoms with E-state index in [1.54, 1.807) is 0 Å². The Bertz CT molecular complexity index is 599. The number of hydrogen-bond acceptors (Lipinski definition) is 3. The van der Waals surface area contributed by atoms with Crippen LogP contribution >= 0.6 is 0 Å². The molecule has 2 fully saturated rings. The second-order valence-electron chi connectivity index (χ2n) is 6.02. The summed E-state index contributed by atoms with van der Waals surface area (Å²) in [6.07, 6.45) is 3.39. The first-order valence-electron chi connectivity index (χ1n) is 7.91. The van der Waals surface area contributed by atoms with E-state index in [9.17, 15) is 0 Å². The summed E-state index contributed by atoms with van der Waals surface area (Å²) in [6.45, 7) is 0. The van der Waals surface area contributed by atoms with Crippen molar-refractivity contribution in [3.8, 4) is 11.5 Å². The minimum Gasteiger partial charge on any atom is -0.490 e. The lowest BCUT2D eigenvalue weighted by Gasteiger charge is -2.30. The molecule has 2 aliphatic rings. The van der Waals surface area contributed by atoms with Crippen molar-refractivity contribution in [3.63, 3.8) is 0 Å². The zero-order valence-electron chi connectivity index (χ0n) is 12.4. The van der Waals surface area contributed by atoms with Gasteiger partial charge in [-0.15, -0.1) is 0 Å². The Labute approximate surface area is 131 Å². The van der Waals surface area contributed by atoms with Crippen LogP contribution in [0.1, 0.15) is 19.3 Å². The average Bonchev–Trinajstić information content (AvgIpc) is 2.83. The van der Waals surface area contributed by atoms with Crippen molar-refractivity contribution in [3.05, 3.63) is 66.7 Å². The highest BCUT2D eigenvalue weighted by atomic mass is 16.5. The van der Waals surface area contributed by atoms with Crippen LogP contribution in [-0.2, 0) is 0 Å². The van der Waals surface area contributed by atoms with Gasteiger partial charge in [-0.3, -0.25) is 0 Å². The lowest BCUT2D eigenvalue weighted by molar-refractivity contribution is 0.125. The number of nitrogens with one attached hydrogen (secondary N) is 1. The summed E-state index contributed by atoms with van der Waals surface area (Å²) in [4.78, 5) is 0.